The molecule has 0 rings (SSSR count). The fourth-order valence-corrected chi connectivity index (χ4v) is 0.620. The minimum atomic E-state index is -1.23. The summed E-state index contributed by atoms with van der Waals surface area (Å²) in [6.45, 7) is 0.0724. The predicted octanol–water partition coefficient (Wildman–Crippen LogP) is -1.01. The van der Waals surface area contributed by atoms with E-state index in [1.54, 1.807) is 0 Å². The molecule has 0 aliphatic heterocycles. The third-order valence-corrected chi connectivity index (χ3v) is 1.19. The van der Waals surface area contributed by atoms with Gasteiger partial charge in [-0.2, -0.15) is 0 Å². The smallest absolute Gasteiger partial charge is 0.0888 e. The number of rotatable bonds is 3. The van der Waals surface area contributed by atoms with Gasteiger partial charge in [-0.1, -0.05) is 0 Å². The van der Waals surface area contributed by atoms with E-state index in [0.717, 1.165) is 0 Å². The SMILES string of the molecule is NS(=O)CCCO. The molecular weight excluding hydrogens is 114 g/mol. The first-order valence-corrected chi connectivity index (χ1v) is 3.39. The van der Waals surface area contributed by atoms with Gasteiger partial charge in [0, 0.05) is 12.4 Å². The second-order valence-corrected chi connectivity index (χ2v) is 2.33. The fraction of sp³-hybridized carbons (Fsp3) is 1.00. The molecule has 0 aromatic heterocycles. The highest BCUT2D eigenvalue weighted by atomic mass is 32.2. The van der Waals surface area contributed by atoms with Crippen molar-refractivity contribution >= 4 is 11.0 Å². The second-order valence-electron chi connectivity index (χ2n) is 1.16. The van der Waals surface area contributed by atoms with E-state index < -0.39 is 11.0 Å². The monoisotopic (exact) mass is 123 g/mol. The van der Waals surface area contributed by atoms with Crippen LogP contribution in [0.1, 0.15) is 6.42 Å². The average Bonchev–Trinajstić information content (AvgIpc) is 1.61. The maximum Gasteiger partial charge on any atom is 0.0888 e. The number of aliphatic hydroxyl groups excluding tert-OH is 1. The van der Waals surface area contributed by atoms with E-state index in [0.29, 0.717) is 12.2 Å². The van der Waals surface area contributed by atoms with Crippen molar-refractivity contribution in [2.24, 2.45) is 5.14 Å². The molecule has 0 aromatic rings. The first kappa shape index (κ1) is 7.07. The molecule has 1 unspecified atom stereocenters. The van der Waals surface area contributed by atoms with Crippen molar-refractivity contribution in [3.63, 3.8) is 0 Å². The summed E-state index contributed by atoms with van der Waals surface area (Å²) in [5.74, 6) is 0.399. The summed E-state index contributed by atoms with van der Waals surface area (Å²) in [5.41, 5.74) is 0. The summed E-state index contributed by atoms with van der Waals surface area (Å²) in [4.78, 5) is 0. The van der Waals surface area contributed by atoms with Crippen LogP contribution in [0, 0.1) is 0 Å². The lowest BCUT2D eigenvalue weighted by Gasteiger charge is -1.87. The maximum absolute atomic E-state index is 9.98. The Hall–Kier alpha value is 0.0700. The van der Waals surface area contributed by atoms with Crippen molar-refractivity contribution in [2.45, 2.75) is 6.42 Å². The molecule has 0 aromatic carbocycles. The zero-order valence-corrected chi connectivity index (χ0v) is 4.78. The van der Waals surface area contributed by atoms with Crippen molar-refractivity contribution in [1.29, 1.82) is 0 Å². The first-order chi connectivity index (χ1) is 3.27. The summed E-state index contributed by atoms with van der Waals surface area (Å²) in [6.07, 6.45) is 0.531. The van der Waals surface area contributed by atoms with E-state index in [1.165, 1.54) is 0 Å². The standard InChI is InChI=1S/C3H9NO2S/c4-7(6)3-1-2-5/h5H,1-4H2. The molecule has 0 saturated carbocycles. The molecule has 7 heavy (non-hydrogen) atoms. The summed E-state index contributed by atoms with van der Waals surface area (Å²) >= 11 is 0. The van der Waals surface area contributed by atoms with Gasteiger partial charge in [-0.25, -0.2) is 4.21 Å². The van der Waals surface area contributed by atoms with E-state index in [1.807, 2.05) is 0 Å². The first-order valence-electron chi connectivity index (χ1n) is 2.01. The third kappa shape index (κ3) is 6.07. The molecule has 0 fully saturated rings. The third-order valence-electron chi connectivity index (χ3n) is 0.504. The Bertz CT molecular complexity index is 66.0. The molecule has 0 saturated heterocycles. The van der Waals surface area contributed by atoms with Gasteiger partial charge in [0.1, 0.15) is 0 Å². The number of nitrogens with two attached hydrogens (primary N) is 1. The van der Waals surface area contributed by atoms with Crippen molar-refractivity contribution < 1.29 is 9.32 Å². The van der Waals surface area contributed by atoms with Crippen LogP contribution in [-0.2, 0) is 11.0 Å². The molecule has 0 aliphatic rings. The van der Waals surface area contributed by atoms with Crippen LogP contribution in [0.25, 0.3) is 0 Å². The van der Waals surface area contributed by atoms with Gasteiger partial charge < -0.3 is 5.11 Å². The van der Waals surface area contributed by atoms with Crippen molar-refractivity contribution in [3.05, 3.63) is 0 Å². The Labute approximate surface area is 45.1 Å². The highest BCUT2D eigenvalue weighted by molar-refractivity contribution is 7.82. The zero-order valence-electron chi connectivity index (χ0n) is 3.96. The van der Waals surface area contributed by atoms with Crippen LogP contribution in [-0.4, -0.2) is 21.7 Å². The van der Waals surface area contributed by atoms with Crippen molar-refractivity contribution in [3.8, 4) is 0 Å². The van der Waals surface area contributed by atoms with Crippen LogP contribution in [0.5, 0.6) is 0 Å². The average molecular weight is 123 g/mol. The lowest BCUT2D eigenvalue weighted by atomic mass is 10.5. The van der Waals surface area contributed by atoms with Crippen molar-refractivity contribution in [1.82, 2.24) is 0 Å². The lowest BCUT2D eigenvalue weighted by molar-refractivity contribution is 0.296. The summed E-state index contributed by atoms with van der Waals surface area (Å²) in [7, 11) is -1.23. The molecule has 0 radical (unpaired) electrons. The second kappa shape index (κ2) is 4.23. The number of aliphatic hydroxyl groups is 1. The van der Waals surface area contributed by atoms with Crippen LogP contribution in [0.3, 0.4) is 0 Å². The Morgan fingerprint density at radius 2 is 2.29 bits per heavy atom. The molecule has 3 N–H and O–H groups in total. The van der Waals surface area contributed by atoms with Crippen molar-refractivity contribution in [2.75, 3.05) is 12.4 Å². The molecule has 1 atom stereocenters. The van der Waals surface area contributed by atoms with E-state index in [4.69, 9.17) is 10.2 Å². The topological polar surface area (TPSA) is 63.3 Å². The Kier molecular flexibility index (Phi) is 4.28. The van der Waals surface area contributed by atoms with Gasteiger partial charge >= 0.3 is 0 Å². The Balaban J connectivity index is 2.82. The largest absolute Gasteiger partial charge is 0.396 e. The quantitative estimate of drug-likeness (QED) is 0.505. The molecule has 0 heterocycles. The van der Waals surface area contributed by atoms with Gasteiger partial charge in [0.05, 0.1) is 11.0 Å². The fourth-order valence-electron chi connectivity index (χ4n) is 0.207. The molecule has 0 spiro atoms. The minimum absolute atomic E-state index is 0.0724. The van der Waals surface area contributed by atoms with E-state index in [-0.39, 0.29) is 6.61 Å². The highest BCUT2D eigenvalue weighted by Crippen LogP contribution is 1.75. The van der Waals surface area contributed by atoms with Gasteiger partial charge in [-0.3, -0.25) is 5.14 Å². The Morgan fingerprint density at radius 3 is 2.43 bits per heavy atom. The lowest BCUT2D eigenvalue weighted by Crippen LogP contribution is -2.08. The molecule has 4 heteroatoms. The number of hydrogen-bond acceptors (Lipinski definition) is 2. The maximum atomic E-state index is 9.98. The minimum Gasteiger partial charge on any atom is -0.396 e. The van der Waals surface area contributed by atoms with Crippen LogP contribution in [0.4, 0.5) is 0 Å². The summed E-state index contributed by atoms with van der Waals surface area (Å²) < 4.78 is 9.98. The van der Waals surface area contributed by atoms with E-state index in [2.05, 4.69) is 0 Å². The normalized spacial score (nSPS) is 14.0. The molecule has 3 nitrogen and oxygen atoms in total. The predicted molar refractivity (Wildman–Crippen MR) is 28.9 cm³/mol. The molecule has 0 bridgehead atoms. The van der Waals surface area contributed by atoms with Crippen LogP contribution >= 0.6 is 0 Å². The van der Waals surface area contributed by atoms with E-state index in [9.17, 15) is 4.21 Å². The Morgan fingerprint density at radius 1 is 1.71 bits per heavy atom. The van der Waals surface area contributed by atoms with E-state index >= 15 is 0 Å². The van der Waals surface area contributed by atoms with Gasteiger partial charge in [-0.05, 0) is 6.42 Å². The molecule has 0 aliphatic carbocycles. The molecule has 0 amide bonds. The molecule has 44 valence electrons. The van der Waals surface area contributed by atoms with Gasteiger partial charge in [0.2, 0.25) is 0 Å². The van der Waals surface area contributed by atoms with Gasteiger partial charge in [0.15, 0.2) is 0 Å². The van der Waals surface area contributed by atoms with Gasteiger partial charge in [0.25, 0.3) is 0 Å². The van der Waals surface area contributed by atoms with Crippen LogP contribution < -0.4 is 5.14 Å². The zero-order chi connectivity index (χ0) is 5.70. The number of hydrogen-bond donors (Lipinski definition) is 2. The highest BCUT2D eigenvalue weighted by Gasteiger charge is 1.86. The van der Waals surface area contributed by atoms with Crippen LogP contribution in [0.15, 0.2) is 0 Å². The molecular formula is C3H9NO2S. The van der Waals surface area contributed by atoms with Gasteiger partial charge in [-0.15, -0.1) is 0 Å². The van der Waals surface area contributed by atoms with Crippen LogP contribution in [0.2, 0.25) is 0 Å². The summed E-state index contributed by atoms with van der Waals surface area (Å²) in [6, 6.07) is 0. The summed E-state index contributed by atoms with van der Waals surface area (Å²) in [5, 5.41) is 13.0.